The molecule has 2 heterocycles. The lowest BCUT2D eigenvalue weighted by Crippen LogP contribution is -2.20. The number of nitrogens with zero attached hydrogens (tertiary/aromatic N) is 2. The maximum atomic E-state index is 5.27. The fourth-order valence-corrected chi connectivity index (χ4v) is 3.39. The van der Waals surface area contributed by atoms with E-state index < -0.39 is 0 Å². The van der Waals surface area contributed by atoms with E-state index in [0.29, 0.717) is 0 Å². The van der Waals surface area contributed by atoms with E-state index in [-0.39, 0.29) is 5.50 Å². The van der Waals surface area contributed by atoms with Gasteiger partial charge in [-0.2, -0.15) is 9.19 Å². The number of anilines is 2. The van der Waals surface area contributed by atoms with Gasteiger partial charge in [-0.25, -0.2) is 0 Å². The summed E-state index contributed by atoms with van der Waals surface area (Å²) in [6, 6.07) is 20.1. The normalized spacial score (nSPS) is 15.8. The molecule has 1 aliphatic heterocycles. The molecule has 0 radical (unpaired) electrons. The van der Waals surface area contributed by atoms with Crippen LogP contribution in [0.1, 0.15) is 0 Å². The second-order valence-electron chi connectivity index (χ2n) is 5.16. The van der Waals surface area contributed by atoms with Gasteiger partial charge in [0.05, 0.1) is 12.8 Å². The summed E-state index contributed by atoms with van der Waals surface area (Å²) in [7, 11) is 1.67. The quantitative estimate of drug-likeness (QED) is 0.763. The number of hydrogen-bond donors (Lipinski definition) is 2. The number of hydrogen-bond acceptors (Lipinski definition) is 5. The van der Waals surface area contributed by atoms with Crippen molar-refractivity contribution in [1.29, 1.82) is 0 Å². The van der Waals surface area contributed by atoms with E-state index in [1.165, 1.54) is 0 Å². The number of rotatable bonds is 4. The predicted molar refractivity (Wildman–Crippen MR) is 94.7 cm³/mol. The van der Waals surface area contributed by atoms with Crippen molar-refractivity contribution in [3.05, 3.63) is 60.7 Å². The standard InChI is InChI=1S/C17H16N4OS/c1-22-14-9-5-6-12(10-14)15-11-16-19-17(23-21(16)20-15)18-13-7-3-2-4-8-13/h2-11,17-19H,1H3/t17-/m0/s1. The summed E-state index contributed by atoms with van der Waals surface area (Å²) in [5.41, 5.74) is 3.12. The molecule has 0 spiro atoms. The first-order valence-corrected chi connectivity index (χ1v) is 8.15. The third-order valence-electron chi connectivity index (χ3n) is 3.60. The molecular formula is C17H16N4OS. The first-order chi connectivity index (χ1) is 11.3. The molecule has 2 aromatic carbocycles. The summed E-state index contributed by atoms with van der Waals surface area (Å²) in [5.74, 6) is 1.82. The third kappa shape index (κ3) is 2.85. The van der Waals surface area contributed by atoms with Crippen LogP contribution in [0.15, 0.2) is 60.7 Å². The Kier molecular flexibility index (Phi) is 3.59. The van der Waals surface area contributed by atoms with Crippen molar-refractivity contribution in [2.75, 3.05) is 17.7 Å². The van der Waals surface area contributed by atoms with E-state index in [9.17, 15) is 0 Å². The van der Waals surface area contributed by atoms with E-state index >= 15 is 0 Å². The minimum absolute atomic E-state index is 0.0688. The number of ether oxygens (including phenoxy) is 1. The summed E-state index contributed by atoms with van der Waals surface area (Å²) in [5, 5.41) is 11.5. The van der Waals surface area contributed by atoms with Crippen LogP contribution in [-0.4, -0.2) is 21.8 Å². The molecule has 0 saturated carbocycles. The molecule has 1 aromatic heterocycles. The van der Waals surface area contributed by atoms with Crippen LogP contribution in [0.4, 0.5) is 11.5 Å². The summed E-state index contributed by atoms with van der Waals surface area (Å²) < 4.78 is 7.18. The van der Waals surface area contributed by atoms with Gasteiger partial charge in [0, 0.05) is 29.3 Å². The number of nitrogens with one attached hydrogen (secondary N) is 2. The summed E-state index contributed by atoms with van der Waals surface area (Å²) in [6.07, 6.45) is 0. The fraction of sp³-hybridized carbons (Fsp3) is 0.118. The Morgan fingerprint density at radius 3 is 2.78 bits per heavy atom. The Bertz CT molecular complexity index is 795. The van der Waals surface area contributed by atoms with Crippen molar-refractivity contribution in [2.24, 2.45) is 0 Å². The Hall–Kier alpha value is -2.60. The lowest BCUT2D eigenvalue weighted by Gasteiger charge is -2.12. The zero-order chi connectivity index (χ0) is 15.6. The highest BCUT2D eigenvalue weighted by molar-refractivity contribution is 7.98. The van der Waals surface area contributed by atoms with Gasteiger partial charge in [-0.1, -0.05) is 30.3 Å². The minimum atomic E-state index is 0.0688. The molecule has 4 rings (SSSR count). The van der Waals surface area contributed by atoms with Crippen LogP contribution in [0.25, 0.3) is 11.3 Å². The SMILES string of the molecule is COc1cccc(-c2cc3n(n2)S[C@@H](Nc2ccccc2)N3)c1. The highest BCUT2D eigenvalue weighted by Gasteiger charge is 2.24. The van der Waals surface area contributed by atoms with E-state index in [4.69, 9.17) is 4.74 Å². The molecule has 1 aliphatic rings. The maximum Gasteiger partial charge on any atom is 0.168 e. The van der Waals surface area contributed by atoms with E-state index in [1.807, 2.05) is 58.7 Å². The van der Waals surface area contributed by atoms with Gasteiger partial charge in [-0.05, 0) is 24.3 Å². The summed E-state index contributed by atoms with van der Waals surface area (Å²) >= 11 is 1.61. The number of aromatic nitrogens is 2. The molecule has 0 bridgehead atoms. The first-order valence-electron chi connectivity index (χ1n) is 7.31. The van der Waals surface area contributed by atoms with Crippen LogP contribution < -0.4 is 15.4 Å². The number of para-hydroxylation sites is 1. The van der Waals surface area contributed by atoms with Gasteiger partial charge in [0.15, 0.2) is 5.50 Å². The molecular weight excluding hydrogens is 308 g/mol. The van der Waals surface area contributed by atoms with Gasteiger partial charge in [0.25, 0.3) is 0 Å². The van der Waals surface area contributed by atoms with Crippen molar-refractivity contribution in [1.82, 2.24) is 9.19 Å². The first kappa shape index (κ1) is 14.0. The van der Waals surface area contributed by atoms with Crippen molar-refractivity contribution in [2.45, 2.75) is 5.50 Å². The number of fused-ring (bicyclic) bond motifs is 1. The minimum Gasteiger partial charge on any atom is -0.497 e. The molecule has 0 amide bonds. The average molecular weight is 324 g/mol. The highest BCUT2D eigenvalue weighted by atomic mass is 32.2. The van der Waals surface area contributed by atoms with Crippen molar-refractivity contribution < 1.29 is 4.74 Å². The Morgan fingerprint density at radius 2 is 2.00 bits per heavy atom. The van der Waals surface area contributed by atoms with Gasteiger partial charge in [0.2, 0.25) is 0 Å². The van der Waals surface area contributed by atoms with Gasteiger partial charge >= 0.3 is 0 Å². The second-order valence-corrected chi connectivity index (χ2v) is 6.19. The molecule has 0 saturated heterocycles. The lowest BCUT2D eigenvalue weighted by molar-refractivity contribution is 0.415. The zero-order valence-electron chi connectivity index (χ0n) is 12.6. The van der Waals surface area contributed by atoms with Crippen LogP contribution in [-0.2, 0) is 0 Å². The van der Waals surface area contributed by atoms with Crippen LogP contribution in [0, 0.1) is 0 Å². The Morgan fingerprint density at radius 1 is 1.13 bits per heavy atom. The van der Waals surface area contributed by atoms with E-state index in [0.717, 1.165) is 28.5 Å². The highest BCUT2D eigenvalue weighted by Crippen LogP contribution is 2.34. The van der Waals surface area contributed by atoms with Gasteiger partial charge in [0.1, 0.15) is 11.6 Å². The van der Waals surface area contributed by atoms with Crippen LogP contribution in [0.3, 0.4) is 0 Å². The molecule has 0 aliphatic carbocycles. The largest absolute Gasteiger partial charge is 0.497 e. The molecule has 0 fully saturated rings. The van der Waals surface area contributed by atoms with Crippen LogP contribution >= 0.6 is 11.9 Å². The van der Waals surface area contributed by atoms with Gasteiger partial charge in [-0.15, -0.1) is 0 Å². The van der Waals surface area contributed by atoms with E-state index in [1.54, 1.807) is 19.1 Å². The molecule has 23 heavy (non-hydrogen) atoms. The smallest absolute Gasteiger partial charge is 0.168 e. The predicted octanol–water partition coefficient (Wildman–Crippen LogP) is 3.88. The molecule has 6 heteroatoms. The maximum absolute atomic E-state index is 5.27. The zero-order valence-corrected chi connectivity index (χ0v) is 13.4. The molecule has 116 valence electrons. The topological polar surface area (TPSA) is 51.1 Å². The lowest BCUT2D eigenvalue weighted by atomic mass is 10.1. The van der Waals surface area contributed by atoms with Gasteiger partial charge < -0.3 is 15.4 Å². The van der Waals surface area contributed by atoms with Gasteiger partial charge in [-0.3, -0.25) is 0 Å². The van der Waals surface area contributed by atoms with Crippen molar-refractivity contribution in [3.63, 3.8) is 0 Å². The van der Waals surface area contributed by atoms with Crippen LogP contribution in [0.5, 0.6) is 5.75 Å². The Balaban J connectivity index is 1.50. The molecule has 3 aromatic rings. The monoisotopic (exact) mass is 324 g/mol. The molecule has 2 N–H and O–H groups in total. The van der Waals surface area contributed by atoms with Crippen molar-refractivity contribution >= 4 is 23.5 Å². The molecule has 0 unspecified atom stereocenters. The van der Waals surface area contributed by atoms with Crippen LogP contribution in [0.2, 0.25) is 0 Å². The summed E-state index contributed by atoms with van der Waals surface area (Å²) in [6.45, 7) is 0. The molecule has 5 nitrogen and oxygen atoms in total. The summed E-state index contributed by atoms with van der Waals surface area (Å²) in [4.78, 5) is 0. The fourth-order valence-electron chi connectivity index (χ4n) is 2.47. The number of benzene rings is 2. The third-order valence-corrected chi connectivity index (χ3v) is 4.52. The second kappa shape index (κ2) is 5.89. The van der Waals surface area contributed by atoms with E-state index in [2.05, 4.69) is 21.8 Å². The number of methoxy groups -OCH3 is 1. The Labute approximate surface area is 138 Å². The van der Waals surface area contributed by atoms with Crippen molar-refractivity contribution in [3.8, 4) is 17.0 Å². The average Bonchev–Trinajstić information content (AvgIpc) is 3.14. The molecule has 1 atom stereocenters.